The van der Waals surface area contributed by atoms with Gasteiger partial charge in [0.25, 0.3) is 0 Å². The average Bonchev–Trinajstić information content (AvgIpc) is 2.84. The van der Waals surface area contributed by atoms with Crippen molar-refractivity contribution in [2.45, 2.75) is 19.0 Å². The topological polar surface area (TPSA) is 102 Å². The Hall–Kier alpha value is -2.52. The van der Waals surface area contributed by atoms with Gasteiger partial charge in [0.05, 0.1) is 32.9 Å². The number of nitrogens with two attached hydrogens (primary N) is 2. The van der Waals surface area contributed by atoms with Crippen molar-refractivity contribution in [3.63, 3.8) is 0 Å². The van der Waals surface area contributed by atoms with Gasteiger partial charge >= 0.3 is 0 Å². The predicted octanol–water partition coefficient (Wildman–Crippen LogP) is 3.46. The summed E-state index contributed by atoms with van der Waals surface area (Å²) in [4.78, 5) is 13.6. The van der Waals surface area contributed by atoms with Crippen molar-refractivity contribution < 1.29 is 9.47 Å². The van der Waals surface area contributed by atoms with Crippen LogP contribution in [0.15, 0.2) is 46.4 Å². The summed E-state index contributed by atoms with van der Waals surface area (Å²) in [6, 6.07) is 11.2. The fourth-order valence-corrected chi connectivity index (χ4v) is 4.61. The van der Waals surface area contributed by atoms with E-state index in [1.54, 1.807) is 19.2 Å². The number of morpholine rings is 1. The summed E-state index contributed by atoms with van der Waals surface area (Å²) >= 11 is 12.6. The number of ether oxygens (including phenoxy) is 2. The second-order valence-electron chi connectivity index (χ2n) is 8.29. The Kier molecular flexibility index (Phi) is 8.15. The van der Waals surface area contributed by atoms with E-state index in [9.17, 15) is 0 Å². The van der Waals surface area contributed by atoms with E-state index in [-0.39, 0.29) is 6.04 Å². The molecule has 4 N–H and O–H groups in total. The standard InChI is InChI=1S/C24H30Cl2N6O2/c1-33-22-13-18(31-8-10-34-11-9-31)3-5-20(22)30-23(27)14-21-24(28)29-6-7-32(21)15-16-12-17(25)2-4-19(16)26/h2-5,12-13,21H,6-11,14-15H2,1H3,(H2,27,30)(H2,28,29). The third kappa shape index (κ3) is 5.93. The number of nitrogens with zero attached hydrogens (tertiary/aromatic N) is 4. The lowest BCUT2D eigenvalue weighted by Gasteiger charge is -2.34. The van der Waals surface area contributed by atoms with Crippen molar-refractivity contribution in [2.75, 3.05) is 51.4 Å². The van der Waals surface area contributed by atoms with Crippen LogP contribution in [0.3, 0.4) is 0 Å². The van der Waals surface area contributed by atoms with Crippen molar-refractivity contribution in [2.24, 2.45) is 21.5 Å². The summed E-state index contributed by atoms with van der Waals surface area (Å²) in [6.45, 7) is 5.08. The molecule has 1 unspecified atom stereocenters. The molecule has 0 amide bonds. The Balaban J connectivity index is 1.51. The fourth-order valence-electron chi connectivity index (χ4n) is 4.24. The van der Waals surface area contributed by atoms with Crippen molar-refractivity contribution in [1.29, 1.82) is 0 Å². The molecule has 0 aromatic heterocycles. The van der Waals surface area contributed by atoms with Crippen LogP contribution in [0, 0.1) is 0 Å². The van der Waals surface area contributed by atoms with Gasteiger partial charge in [-0.15, -0.1) is 0 Å². The van der Waals surface area contributed by atoms with Crippen LogP contribution in [0.25, 0.3) is 0 Å². The Bertz CT molecular complexity index is 1070. The zero-order valence-electron chi connectivity index (χ0n) is 19.2. The molecular weight excluding hydrogens is 475 g/mol. The first-order chi connectivity index (χ1) is 16.4. The number of amidine groups is 2. The molecule has 0 bridgehead atoms. The van der Waals surface area contributed by atoms with Crippen LogP contribution in [-0.2, 0) is 11.3 Å². The molecule has 1 fully saturated rings. The van der Waals surface area contributed by atoms with Crippen LogP contribution >= 0.6 is 23.2 Å². The van der Waals surface area contributed by atoms with Crippen LogP contribution in [0.1, 0.15) is 12.0 Å². The summed E-state index contributed by atoms with van der Waals surface area (Å²) in [5.74, 6) is 1.65. The number of rotatable bonds is 7. The lowest BCUT2D eigenvalue weighted by atomic mass is 10.1. The highest BCUT2D eigenvalue weighted by Gasteiger charge is 2.27. The molecule has 0 spiro atoms. The van der Waals surface area contributed by atoms with Gasteiger partial charge in [-0.05, 0) is 35.9 Å². The van der Waals surface area contributed by atoms with E-state index in [0.29, 0.717) is 52.7 Å². The number of hydrogen-bond donors (Lipinski definition) is 2. The summed E-state index contributed by atoms with van der Waals surface area (Å²) in [7, 11) is 1.63. The van der Waals surface area contributed by atoms with Gasteiger partial charge in [0.2, 0.25) is 0 Å². The Morgan fingerprint density at radius 2 is 1.97 bits per heavy atom. The van der Waals surface area contributed by atoms with E-state index < -0.39 is 0 Å². The molecule has 34 heavy (non-hydrogen) atoms. The molecule has 0 radical (unpaired) electrons. The van der Waals surface area contributed by atoms with Crippen molar-refractivity contribution in [3.05, 3.63) is 52.0 Å². The predicted molar refractivity (Wildman–Crippen MR) is 139 cm³/mol. The van der Waals surface area contributed by atoms with E-state index in [2.05, 4.69) is 19.8 Å². The molecule has 1 saturated heterocycles. The Labute approximate surface area is 210 Å². The minimum Gasteiger partial charge on any atom is -0.494 e. The number of anilines is 1. The quantitative estimate of drug-likeness (QED) is 0.442. The third-order valence-electron chi connectivity index (χ3n) is 6.05. The van der Waals surface area contributed by atoms with Gasteiger partial charge in [0, 0.05) is 54.4 Å². The first kappa shape index (κ1) is 24.6. The molecular formula is C24H30Cl2N6O2. The number of aliphatic imine (C=N–C) groups is 2. The van der Waals surface area contributed by atoms with Crippen molar-refractivity contribution in [3.8, 4) is 5.75 Å². The van der Waals surface area contributed by atoms with E-state index in [1.807, 2.05) is 24.3 Å². The monoisotopic (exact) mass is 504 g/mol. The summed E-state index contributed by atoms with van der Waals surface area (Å²) in [6.07, 6.45) is 0.432. The number of methoxy groups -OCH3 is 1. The Morgan fingerprint density at radius 1 is 1.18 bits per heavy atom. The second-order valence-corrected chi connectivity index (χ2v) is 9.14. The van der Waals surface area contributed by atoms with Gasteiger partial charge in [-0.2, -0.15) is 0 Å². The van der Waals surface area contributed by atoms with E-state index in [1.165, 1.54) is 0 Å². The van der Waals surface area contributed by atoms with Crippen LogP contribution in [-0.4, -0.2) is 69.1 Å². The highest BCUT2D eigenvalue weighted by atomic mass is 35.5. The highest BCUT2D eigenvalue weighted by molar-refractivity contribution is 6.33. The third-order valence-corrected chi connectivity index (χ3v) is 6.65. The molecule has 2 aromatic rings. The molecule has 10 heteroatoms. The smallest absolute Gasteiger partial charge is 0.146 e. The van der Waals surface area contributed by atoms with Crippen molar-refractivity contribution >= 4 is 46.2 Å². The maximum atomic E-state index is 6.40. The summed E-state index contributed by atoms with van der Waals surface area (Å²) in [5.41, 5.74) is 15.4. The van der Waals surface area contributed by atoms with E-state index in [4.69, 9.17) is 44.1 Å². The first-order valence-electron chi connectivity index (χ1n) is 11.3. The SMILES string of the molecule is COc1cc(N2CCOCC2)ccc1N=C(N)CC1C(N)=NCCN1Cc1cc(Cl)ccc1Cl. The molecule has 8 nitrogen and oxygen atoms in total. The molecule has 0 aliphatic carbocycles. The highest BCUT2D eigenvalue weighted by Crippen LogP contribution is 2.33. The Morgan fingerprint density at radius 3 is 2.74 bits per heavy atom. The molecule has 2 aromatic carbocycles. The number of benzene rings is 2. The molecule has 182 valence electrons. The fraction of sp³-hybridized carbons (Fsp3) is 0.417. The van der Waals surface area contributed by atoms with Crippen LogP contribution in [0.2, 0.25) is 10.0 Å². The first-order valence-corrected chi connectivity index (χ1v) is 12.0. The van der Waals surface area contributed by atoms with Crippen LogP contribution in [0.4, 0.5) is 11.4 Å². The van der Waals surface area contributed by atoms with Gasteiger partial charge < -0.3 is 25.8 Å². The minimum absolute atomic E-state index is 0.189. The van der Waals surface area contributed by atoms with Gasteiger partial charge in [0.1, 0.15) is 23.1 Å². The zero-order valence-corrected chi connectivity index (χ0v) is 20.7. The molecule has 2 aliphatic rings. The minimum atomic E-state index is -0.189. The molecule has 1 atom stereocenters. The van der Waals surface area contributed by atoms with E-state index in [0.717, 1.165) is 44.1 Å². The normalized spacial score (nSPS) is 19.7. The largest absolute Gasteiger partial charge is 0.494 e. The summed E-state index contributed by atoms with van der Waals surface area (Å²) in [5, 5.41) is 1.30. The maximum Gasteiger partial charge on any atom is 0.146 e. The van der Waals surface area contributed by atoms with Crippen LogP contribution < -0.4 is 21.1 Å². The van der Waals surface area contributed by atoms with Gasteiger partial charge in [-0.25, -0.2) is 4.99 Å². The van der Waals surface area contributed by atoms with E-state index >= 15 is 0 Å². The molecule has 4 rings (SSSR count). The van der Waals surface area contributed by atoms with Crippen molar-refractivity contribution in [1.82, 2.24) is 4.90 Å². The van der Waals surface area contributed by atoms with Gasteiger partial charge in [0.15, 0.2) is 0 Å². The van der Waals surface area contributed by atoms with Gasteiger partial charge in [-0.1, -0.05) is 23.2 Å². The van der Waals surface area contributed by atoms with Gasteiger partial charge in [-0.3, -0.25) is 9.89 Å². The lowest BCUT2D eigenvalue weighted by molar-refractivity contribution is 0.122. The summed E-state index contributed by atoms with van der Waals surface area (Å²) < 4.78 is 11.1. The number of halogens is 2. The number of hydrogen-bond acceptors (Lipinski definition) is 7. The molecule has 2 heterocycles. The average molecular weight is 505 g/mol. The maximum absolute atomic E-state index is 6.40. The molecule has 2 aliphatic heterocycles. The van der Waals surface area contributed by atoms with Crippen LogP contribution in [0.5, 0.6) is 5.75 Å². The molecule has 0 saturated carbocycles. The lowest BCUT2D eigenvalue weighted by Crippen LogP contribution is -2.50. The zero-order chi connectivity index (χ0) is 24.1. The second kappa shape index (κ2) is 11.3.